The number of rotatable bonds is 5. The van der Waals surface area contributed by atoms with Crippen molar-refractivity contribution >= 4 is 11.6 Å². The Hall–Kier alpha value is -3.29. The van der Waals surface area contributed by atoms with Gasteiger partial charge in [-0.15, -0.1) is 0 Å². The number of benzene rings is 2. The molecule has 0 bridgehead atoms. The Morgan fingerprint density at radius 2 is 1.78 bits per heavy atom. The summed E-state index contributed by atoms with van der Waals surface area (Å²) in [5.74, 6) is -3.63. The van der Waals surface area contributed by atoms with Gasteiger partial charge in [0.2, 0.25) is 11.5 Å². The molecule has 0 spiro atoms. The highest BCUT2D eigenvalue weighted by Gasteiger charge is 2.29. The third-order valence-corrected chi connectivity index (χ3v) is 3.18. The maximum absolute atomic E-state index is 12.0. The van der Waals surface area contributed by atoms with Crippen LogP contribution in [0, 0.1) is 10.1 Å². The van der Waals surface area contributed by atoms with Crippen LogP contribution in [0.3, 0.4) is 0 Å². The van der Waals surface area contributed by atoms with Gasteiger partial charge in [-0.2, -0.15) is 0 Å². The highest BCUT2D eigenvalue weighted by Crippen LogP contribution is 2.42. The fourth-order valence-electron chi connectivity index (χ4n) is 2.09. The minimum absolute atomic E-state index is 0.205. The lowest BCUT2D eigenvalue weighted by atomic mass is 10.1. The highest BCUT2D eigenvalue weighted by atomic mass is 16.6. The maximum Gasteiger partial charge on any atom is 0.353 e. The van der Waals surface area contributed by atoms with Gasteiger partial charge in [0.05, 0.1) is 4.92 Å². The first kappa shape index (κ1) is 16.1. The number of aromatic hydroxyl groups is 3. The topological polar surface area (TPSA) is 133 Å². The van der Waals surface area contributed by atoms with Gasteiger partial charge in [-0.25, -0.2) is 0 Å². The number of carbonyl (C=O) groups is 1. The fraction of sp³-hybridized carbons (Fsp3) is 0.133. The Kier molecular flexibility index (Phi) is 4.65. The molecular weight excluding hydrogens is 304 g/mol. The van der Waals surface area contributed by atoms with Crippen molar-refractivity contribution in [3.63, 3.8) is 0 Å². The molecule has 0 heterocycles. The van der Waals surface area contributed by atoms with Gasteiger partial charge in [-0.1, -0.05) is 30.3 Å². The summed E-state index contributed by atoms with van der Waals surface area (Å²) in [6.07, 6.45) is 0.508. The molecule has 0 unspecified atom stereocenters. The summed E-state index contributed by atoms with van der Waals surface area (Å²) in [4.78, 5) is 21.8. The average Bonchev–Trinajstić information content (AvgIpc) is 2.47. The molecular formula is C15H14N2O6. The second kappa shape index (κ2) is 6.65. The largest absolute Gasteiger partial charge is 0.507 e. The van der Waals surface area contributed by atoms with Crippen molar-refractivity contribution in [3.8, 4) is 17.2 Å². The van der Waals surface area contributed by atoms with Crippen LogP contribution in [0.15, 0.2) is 36.4 Å². The molecule has 4 N–H and O–H groups in total. The molecule has 23 heavy (non-hydrogen) atoms. The first-order chi connectivity index (χ1) is 10.9. The van der Waals surface area contributed by atoms with Crippen LogP contribution in [0.5, 0.6) is 17.2 Å². The van der Waals surface area contributed by atoms with E-state index in [2.05, 4.69) is 5.32 Å². The number of phenols is 3. The lowest BCUT2D eigenvalue weighted by molar-refractivity contribution is -0.386. The van der Waals surface area contributed by atoms with Gasteiger partial charge in [0, 0.05) is 12.6 Å². The summed E-state index contributed by atoms with van der Waals surface area (Å²) in [6.45, 7) is 0.205. The number of nitrogens with zero attached hydrogens (tertiary/aromatic N) is 1. The normalized spacial score (nSPS) is 10.3. The second-order valence-corrected chi connectivity index (χ2v) is 4.74. The number of nitrogens with one attached hydrogen (secondary N) is 1. The van der Waals surface area contributed by atoms with Crippen LogP contribution < -0.4 is 5.32 Å². The quantitative estimate of drug-likeness (QED) is 0.489. The van der Waals surface area contributed by atoms with Crippen molar-refractivity contribution < 1.29 is 25.0 Å². The molecule has 0 aromatic heterocycles. The van der Waals surface area contributed by atoms with Gasteiger partial charge in [0.15, 0.2) is 0 Å². The molecule has 2 aromatic rings. The van der Waals surface area contributed by atoms with Crippen LogP contribution in [-0.2, 0) is 6.42 Å². The van der Waals surface area contributed by atoms with Crippen molar-refractivity contribution in [1.82, 2.24) is 5.32 Å². The lowest BCUT2D eigenvalue weighted by Gasteiger charge is -2.09. The van der Waals surface area contributed by atoms with E-state index < -0.39 is 39.3 Å². The zero-order chi connectivity index (χ0) is 17.0. The third-order valence-electron chi connectivity index (χ3n) is 3.18. The van der Waals surface area contributed by atoms with Crippen molar-refractivity contribution in [2.75, 3.05) is 6.54 Å². The molecule has 120 valence electrons. The van der Waals surface area contributed by atoms with Crippen LogP contribution in [0.4, 0.5) is 5.69 Å². The Morgan fingerprint density at radius 1 is 1.13 bits per heavy atom. The molecule has 0 saturated heterocycles. The molecule has 0 atom stereocenters. The second-order valence-electron chi connectivity index (χ2n) is 4.74. The number of hydrogen-bond donors (Lipinski definition) is 4. The van der Waals surface area contributed by atoms with E-state index in [1.807, 2.05) is 30.3 Å². The van der Waals surface area contributed by atoms with Crippen molar-refractivity contribution in [2.24, 2.45) is 0 Å². The van der Waals surface area contributed by atoms with E-state index >= 15 is 0 Å². The summed E-state index contributed by atoms with van der Waals surface area (Å²) in [7, 11) is 0. The molecule has 0 aliphatic carbocycles. The Morgan fingerprint density at radius 3 is 2.39 bits per heavy atom. The Labute approximate surface area is 130 Å². The van der Waals surface area contributed by atoms with E-state index in [1.54, 1.807) is 0 Å². The number of carbonyl (C=O) groups excluding carboxylic acids is 1. The summed E-state index contributed by atoms with van der Waals surface area (Å²) in [5, 5.41) is 42.1. The Bertz CT molecular complexity index is 745. The summed E-state index contributed by atoms with van der Waals surface area (Å²) >= 11 is 0. The van der Waals surface area contributed by atoms with Crippen LogP contribution >= 0.6 is 0 Å². The van der Waals surface area contributed by atoms with E-state index in [4.69, 9.17) is 0 Å². The van der Waals surface area contributed by atoms with Gasteiger partial charge in [0.1, 0.15) is 11.3 Å². The average molecular weight is 318 g/mol. The molecule has 1 amide bonds. The number of amides is 1. The van der Waals surface area contributed by atoms with Crippen molar-refractivity contribution in [2.45, 2.75) is 6.42 Å². The van der Waals surface area contributed by atoms with Gasteiger partial charge < -0.3 is 20.6 Å². The third kappa shape index (κ3) is 3.49. The molecule has 0 aliphatic rings. The van der Waals surface area contributed by atoms with E-state index in [0.29, 0.717) is 12.5 Å². The highest BCUT2D eigenvalue weighted by molar-refractivity contribution is 6.01. The monoisotopic (exact) mass is 318 g/mol. The summed E-state index contributed by atoms with van der Waals surface area (Å²) in [6, 6.07) is 9.92. The minimum atomic E-state index is -1.08. The predicted octanol–water partition coefficient (Wildman–Crippen LogP) is 1.68. The molecule has 2 aromatic carbocycles. The Balaban J connectivity index is 2.16. The van der Waals surface area contributed by atoms with Crippen LogP contribution in [0.2, 0.25) is 0 Å². The van der Waals surface area contributed by atoms with E-state index in [1.165, 1.54) is 0 Å². The first-order valence-corrected chi connectivity index (χ1v) is 6.66. The van der Waals surface area contributed by atoms with Gasteiger partial charge >= 0.3 is 5.69 Å². The molecule has 0 fully saturated rings. The molecule has 8 heteroatoms. The lowest BCUT2D eigenvalue weighted by Crippen LogP contribution is -2.26. The van der Waals surface area contributed by atoms with E-state index in [9.17, 15) is 30.2 Å². The number of nitro benzene ring substituents is 1. The first-order valence-electron chi connectivity index (χ1n) is 6.66. The van der Waals surface area contributed by atoms with Crippen LogP contribution in [0.1, 0.15) is 15.9 Å². The van der Waals surface area contributed by atoms with Gasteiger partial charge in [-0.05, 0) is 12.0 Å². The minimum Gasteiger partial charge on any atom is -0.507 e. The number of nitro groups is 1. The predicted molar refractivity (Wildman–Crippen MR) is 80.6 cm³/mol. The molecule has 0 aliphatic heterocycles. The number of hydrogen-bond acceptors (Lipinski definition) is 6. The summed E-state index contributed by atoms with van der Waals surface area (Å²) in [5.41, 5.74) is -0.712. The standard InChI is InChI=1S/C15H14N2O6/c18-10-8-11(19)13(17(22)23)14(20)12(10)15(21)16-7-6-9-4-2-1-3-5-9/h1-5,8,18-20H,6-7H2,(H,16,21). The van der Waals surface area contributed by atoms with Crippen LogP contribution in [-0.4, -0.2) is 32.7 Å². The SMILES string of the molecule is O=C(NCCc1ccccc1)c1c(O)cc(O)c([N+](=O)[O-])c1O. The zero-order valence-corrected chi connectivity index (χ0v) is 11.9. The fourth-order valence-corrected chi connectivity index (χ4v) is 2.09. The van der Waals surface area contributed by atoms with Crippen LogP contribution in [0.25, 0.3) is 0 Å². The molecule has 2 rings (SSSR count). The molecule has 0 radical (unpaired) electrons. The van der Waals surface area contributed by atoms with Crippen molar-refractivity contribution in [1.29, 1.82) is 0 Å². The smallest absolute Gasteiger partial charge is 0.353 e. The maximum atomic E-state index is 12.0. The summed E-state index contributed by atoms with van der Waals surface area (Å²) < 4.78 is 0. The zero-order valence-electron chi connectivity index (χ0n) is 11.9. The van der Waals surface area contributed by atoms with Gasteiger partial charge in [0.25, 0.3) is 5.91 Å². The van der Waals surface area contributed by atoms with E-state index in [-0.39, 0.29) is 6.54 Å². The van der Waals surface area contributed by atoms with Gasteiger partial charge in [-0.3, -0.25) is 14.9 Å². The molecule has 8 nitrogen and oxygen atoms in total. The number of phenolic OH excluding ortho intramolecular Hbond substituents is 3. The van der Waals surface area contributed by atoms with Crippen molar-refractivity contribution in [3.05, 3.63) is 57.6 Å². The molecule has 0 saturated carbocycles. The van der Waals surface area contributed by atoms with E-state index in [0.717, 1.165) is 5.56 Å².